The van der Waals surface area contributed by atoms with Crippen LogP contribution in [-0.4, -0.2) is 18.3 Å². The smallest absolute Gasteiger partial charge is 0.197 e. The number of benzene rings is 10. The highest BCUT2D eigenvalue weighted by atomic mass is 15.1. The van der Waals surface area contributed by atoms with Gasteiger partial charge in [0.25, 0.3) is 0 Å². The molecule has 0 aliphatic heterocycles. The van der Waals surface area contributed by atoms with E-state index < -0.39 is 0 Å². The fourth-order valence-corrected chi connectivity index (χ4v) is 11.2. The third kappa shape index (κ3) is 5.20. The van der Waals surface area contributed by atoms with E-state index in [1.165, 1.54) is 0 Å². The van der Waals surface area contributed by atoms with Crippen molar-refractivity contribution < 1.29 is 0 Å². The highest BCUT2D eigenvalue weighted by Gasteiger charge is 2.26. The minimum absolute atomic E-state index is 0.445. The number of hydrogen-bond donors (Lipinski definition) is 0. The number of para-hydroxylation sites is 8. The molecular weight excluding hydrogens is 829 g/mol. The largest absolute Gasteiger partial charge is 0.308 e. The van der Waals surface area contributed by atoms with Crippen LogP contribution in [0.5, 0.6) is 0 Å². The lowest BCUT2D eigenvalue weighted by molar-refractivity contribution is 1.09. The second-order valence-electron chi connectivity index (χ2n) is 17.4. The van der Waals surface area contributed by atoms with Crippen LogP contribution in [0.1, 0.15) is 5.56 Å². The maximum Gasteiger partial charge on any atom is 0.197 e. The number of fused-ring (bicyclic) bond motifs is 12. The summed E-state index contributed by atoms with van der Waals surface area (Å²) >= 11 is 0. The zero-order valence-electron chi connectivity index (χ0n) is 36.5. The number of nitrogens with zero attached hydrogens (tertiary/aromatic N) is 6. The first-order valence-corrected chi connectivity index (χ1v) is 22.8. The Morgan fingerprint density at radius 2 is 0.544 bits per heavy atom. The molecule has 0 aliphatic carbocycles. The van der Waals surface area contributed by atoms with E-state index in [1.54, 1.807) is 0 Å². The summed E-state index contributed by atoms with van der Waals surface area (Å²) in [5.74, 6) is 0. The molecule has 0 amide bonds. The molecule has 0 N–H and O–H groups in total. The SMILES string of the molecule is [C-]#[N+]c1cc(-n2c3ccccc3c3ccccc32)c(-n2c3ccccc3c3ccccc32)cc1-c1cc(-n2c3ccccc3c3ccccc32)c(-n2c3ccccc3c3ccccc32)cc1C#N. The van der Waals surface area contributed by atoms with Crippen LogP contribution in [0.15, 0.2) is 218 Å². The first-order chi connectivity index (χ1) is 33.7. The summed E-state index contributed by atoms with van der Waals surface area (Å²) in [6.07, 6.45) is 0. The molecule has 0 radical (unpaired) electrons. The van der Waals surface area contributed by atoms with Gasteiger partial charge in [0.1, 0.15) is 0 Å². The van der Waals surface area contributed by atoms with Gasteiger partial charge in [-0.3, -0.25) is 0 Å². The van der Waals surface area contributed by atoms with Crippen molar-refractivity contribution >= 4 is 92.9 Å². The first kappa shape index (κ1) is 37.7. The van der Waals surface area contributed by atoms with E-state index in [9.17, 15) is 5.26 Å². The Balaban J connectivity index is 1.15. The van der Waals surface area contributed by atoms with Gasteiger partial charge in [-0.05, 0) is 83.9 Å². The Morgan fingerprint density at radius 3 is 0.809 bits per heavy atom. The van der Waals surface area contributed by atoms with Crippen molar-refractivity contribution in [2.24, 2.45) is 0 Å². The van der Waals surface area contributed by atoms with Crippen molar-refractivity contribution in [2.45, 2.75) is 0 Å². The van der Waals surface area contributed by atoms with Crippen molar-refractivity contribution in [3.63, 3.8) is 0 Å². The maximum atomic E-state index is 11.5. The quantitative estimate of drug-likeness (QED) is 0.159. The van der Waals surface area contributed by atoms with Crippen molar-refractivity contribution in [3.05, 3.63) is 235 Å². The number of nitriles is 1. The lowest BCUT2D eigenvalue weighted by Crippen LogP contribution is -2.06. The molecule has 0 unspecified atom stereocenters. The third-order valence-electron chi connectivity index (χ3n) is 14.0. The minimum atomic E-state index is 0.445. The monoisotopic (exact) mass is 864 g/mol. The lowest BCUT2D eigenvalue weighted by Gasteiger charge is -2.22. The highest BCUT2D eigenvalue weighted by Crippen LogP contribution is 2.46. The molecule has 4 heterocycles. The Kier molecular flexibility index (Phi) is 8.01. The first-order valence-electron chi connectivity index (χ1n) is 22.8. The van der Waals surface area contributed by atoms with Crippen LogP contribution in [0.3, 0.4) is 0 Å². The molecule has 10 aromatic carbocycles. The van der Waals surface area contributed by atoms with Crippen LogP contribution in [0, 0.1) is 17.9 Å². The fourth-order valence-electron chi connectivity index (χ4n) is 11.2. The van der Waals surface area contributed by atoms with Crippen LogP contribution in [0.4, 0.5) is 5.69 Å². The highest BCUT2D eigenvalue weighted by molar-refractivity contribution is 6.14. The van der Waals surface area contributed by atoms with Crippen LogP contribution >= 0.6 is 0 Å². The Labute approximate surface area is 390 Å². The zero-order valence-corrected chi connectivity index (χ0v) is 36.5. The van der Waals surface area contributed by atoms with Gasteiger partial charge in [0.15, 0.2) is 5.69 Å². The topological polar surface area (TPSA) is 47.9 Å². The van der Waals surface area contributed by atoms with Crippen molar-refractivity contribution in [1.82, 2.24) is 18.3 Å². The molecule has 0 bridgehead atoms. The van der Waals surface area contributed by atoms with E-state index >= 15 is 0 Å². The van der Waals surface area contributed by atoms with Crippen LogP contribution < -0.4 is 0 Å². The van der Waals surface area contributed by atoms with Gasteiger partial charge in [-0.2, -0.15) is 5.26 Å². The molecule has 68 heavy (non-hydrogen) atoms. The summed E-state index contributed by atoms with van der Waals surface area (Å²) in [7, 11) is 0. The second kappa shape index (κ2) is 14.4. The molecule has 4 aromatic heterocycles. The summed E-state index contributed by atoms with van der Waals surface area (Å²) in [4.78, 5) is 4.35. The van der Waals surface area contributed by atoms with Gasteiger partial charge in [0.2, 0.25) is 0 Å². The van der Waals surface area contributed by atoms with Crippen molar-refractivity contribution in [1.29, 1.82) is 5.26 Å². The molecule has 0 saturated heterocycles. The maximum absolute atomic E-state index is 11.5. The van der Waals surface area contributed by atoms with Gasteiger partial charge < -0.3 is 18.3 Å². The Bertz CT molecular complexity index is 4030. The summed E-state index contributed by atoms with van der Waals surface area (Å²) in [6.45, 7) is 8.98. The molecule has 0 aliphatic rings. The second-order valence-corrected chi connectivity index (χ2v) is 17.4. The number of hydrogen-bond acceptors (Lipinski definition) is 1. The molecule has 14 rings (SSSR count). The van der Waals surface area contributed by atoms with Crippen LogP contribution in [0.25, 0.3) is 126 Å². The van der Waals surface area contributed by atoms with Gasteiger partial charge in [0, 0.05) is 43.1 Å². The molecular formula is C62H36N6. The van der Waals surface area contributed by atoms with E-state index in [-0.39, 0.29) is 0 Å². The standard InChI is InChI=1S/C62H36N6/c1-64-50-37-62(68-57-32-16-8-24-46(57)47-25-9-17-33-58(47)68)61(67-55-30-14-6-22-44(55)45-23-7-15-31-56(45)67)36-49(50)48-35-60(66-53-28-12-4-20-42(53)43-21-5-13-29-54(43)66)59(34-39(48)38-63)65-51-26-10-2-18-40(51)41-19-3-11-27-52(41)65/h2-37H. The van der Waals surface area contributed by atoms with Gasteiger partial charge in [-0.25, -0.2) is 4.85 Å². The molecule has 6 nitrogen and oxygen atoms in total. The lowest BCUT2D eigenvalue weighted by atomic mass is 9.95. The average Bonchev–Trinajstić information content (AvgIpc) is 4.13. The van der Waals surface area contributed by atoms with Crippen LogP contribution in [0.2, 0.25) is 0 Å². The van der Waals surface area contributed by atoms with Gasteiger partial charge in [-0.1, -0.05) is 146 Å². The van der Waals surface area contributed by atoms with E-state index in [0.717, 1.165) is 110 Å². The molecule has 0 spiro atoms. The zero-order chi connectivity index (χ0) is 45.0. The van der Waals surface area contributed by atoms with E-state index in [2.05, 4.69) is 235 Å². The van der Waals surface area contributed by atoms with Gasteiger partial charge >= 0.3 is 0 Å². The van der Waals surface area contributed by atoms with E-state index in [1.807, 2.05) is 12.1 Å². The van der Waals surface area contributed by atoms with Crippen LogP contribution in [-0.2, 0) is 0 Å². The normalized spacial score (nSPS) is 11.8. The van der Waals surface area contributed by atoms with E-state index in [0.29, 0.717) is 22.4 Å². The Hall–Kier alpha value is -9.62. The molecule has 0 atom stereocenters. The Morgan fingerprint density at radius 1 is 0.309 bits per heavy atom. The fraction of sp³-hybridized carbons (Fsp3) is 0. The number of rotatable bonds is 5. The minimum Gasteiger partial charge on any atom is -0.308 e. The average molecular weight is 865 g/mol. The predicted octanol–water partition coefficient (Wildman–Crippen LogP) is 16.2. The molecule has 314 valence electrons. The predicted molar refractivity (Wildman–Crippen MR) is 280 cm³/mol. The molecule has 0 fully saturated rings. The number of aromatic nitrogens is 4. The third-order valence-corrected chi connectivity index (χ3v) is 14.0. The van der Waals surface area contributed by atoms with Gasteiger partial charge in [-0.15, -0.1) is 0 Å². The summed E-state index contributed by atoms with van der Waals surface area (Å²) < 4.78 is 9.29. The molecule has 14 aromatic rings. The van der Waals surface area contributed by atoms with Gasteiger partial charge in [0.05, 0.1) is 85.1 Å². The van der Waals surface area contributed by atoms with Crippen molar-refractivity contribution in [3.8, 4) is 39.9 Å². The van der Waals surface area contributed by atoms with Crippen molar-refractivity contribution in [2.75, 3.05) is 0 Å². The molecule has 0 saturated carbocycles. The van der Waals surface area contributed by atoms with E-state index in [4.69, 9.17) is 6.57 Å². The summed E-state index contributed by atoms with van der Waals surface area (Å²) in [5, 5.41) is 20.5. The summed E-state index contributed by atoms with van der Waals surface area (Å²) in [5.41, 5.74) is 14.1. The molecule has 6 heteroatoms. The summed E-state index contributed by atoms with van der Waals surface area (Å²) in [6, 6.07) is 79.2.